The van der Waals surface area contributed by atoms with Crippen LogP contribution in [-0.4, -0.2) is 69.7 Å². The summed E-state index contributed by atoms with van der Waals surface area (Å²) in [6, 6.07) is 47.8. The quantitative estimate of drug-likeness (QED) is 0.0713. The maximum Gasteiger partial charge on any atom is 0.339 e. The summed E-state index contributed by atoms with van der Waals surface area (Å²) in [6.45, 7) is -0.723. The Balaban J connectivity index is 1.17. The number of hydrogen-bond acceptors (Lipinski definition) is 14. The number of aromatic hydroxyl groups is 4. The molecule has 2 heterocycles. The molecule has 0 radical (unpaired) electrons. The van der Waals surface area contributed by atoms with Crippen LogP contribution in [0.4, 0.5) is 0 Å². The molecule has 0 aromatic heterocycles. The van der Waals surface area contributed by atoms with Gasteiger partial charge in [-0.2, -0.15) is 0 Å². The smallest absolute Gasteiger partial charge is 0.339 e. The van der Waals surface area contributed by atoms with Crippen molar-refractivity contribution < 1.29 is 67.9 Å². The van der Waals surface area contributed by atoms with Crippen LogP contribution in [0.15, 0.2) is 164 Å². The van der Waals surface area contributed by atoms with Gasteiger partial charge in [0, 0.05) is 11.1 Å². The second kappa shape index (κ2) is 21.4. The summed E-state index contributed by atoms with van der Waals surface area (Å²) in [5.74, 6) is -6.28. The minimum absolute atomic E-state index is 0.00723. The van der Waals surface area contributed by atoms with Crippen LogP contribution >= 0.6 is 0 Å². The Hall–Kier alpha value is -7.88. The Kier molecular flexibility index (Phi) is 14.3. The van der Waals surface area contributed by atoms with Gasteiger partial charge in [0.2, 0.25) is 11.5 Å². The number of rotatable bonds is 15. The first kappa shape index (κ1) is 46.2. The molecule has 1 saturated heterocycles. The number of carbonyl (C=O) groups excluding carboxylic acids is 2. The number of benzene rings is 7. The van der Waals surface area contributed by atoms with E-state index in [1.807, 2.05) is 103 Å². The second-order valence-electron chi connectivity index (χ2n) is 16.4. The fraction of sp³-hybridized carbons (Fsp3) is 0.200. The van der Waals surface area contributed by atoms with Gasteiger partial charge in [-0.05, 0) is 39.9 Å². The molecule has 9 rings (SSSR count). The molecule has 14 heteroatoms. The highest BCUT2D eigenvalue weighted by Gasteiger charge is 2.51. The maximum atomic E-state index is 15.1. The van der Waals surface area contributed by atoms with Crippen molar-refractivity contribution in [3.63, 3.8) is 0 Å². The number of ether oxygens (including phenoxy) is 8. The third kappa shape index (κ3) is 10.6. The Labute approximate surface area is 397 Å². The summed E-state index contributed by atoms with van der Waals surface area (Å²) in [4.78, 5) is 29.7. The summed E-state index contributed by atoms with van der Waals surface area (Å²) in [5, 5.41) is 47.4. The summed E-state index contributed by atoms with van der Waals surface area (Å²) in [6.07, 6.45) is -6.20. The van der Waals surface area contributed by atoms with Crippen molar-refractivity contribution in [2.75, 3.05) is 6.61 Å². The van der Waals surface area contributed by atoms with Crippen LogP contribution in [0.3, 0.4) is 0 Å². The molecule has 69 heavy (non-hydrogen) atoms. The molecule has 5 atom stereocenters. The number of cyclic esters (lactones) is 1. The molecule has 7 aromatic carbocycles. The zero-order chi connectivity index (χ0) is 47.7. The van der Waals surface area contributed by atoms with E-state index >= 15 is 4.79 Å². The fourth-order valence-electron chi connectivity index (χ4n) is 8.21. The molecule has 0 bridgehead atoms. The normalized spacial score (nSPS) is 18.9. The number of hydrogen-bond donors (Lipinski definition) is 4. The van der Waals surface area contributed by atoms with Gasteiger partial charge < -0.3 is 58.3 Å². The molecule has 0 saturated carbocycles. The number of esters is 2. The van der Waals surface area contributed by atoms with Crippen molar-refractivity contribution in [2.45, 2.75) is 63.7 Å². The van der Waals surface area contributed by atoms with Crippen molar-refractivity contribution in [1.29, 1.82) is 0 Å². The number of fused-ring (bicyclic) bond motifs is 4. The predicted octanol–water partition coefficient (Wildman–Crippen LogP) is 9.14. The van der Waals surface area contributed by atoms with E-state index in [1.165, 1.54) is 0 Å². The molecule has 0 spiro atoms. The lowest BCUT2D eigenvalue weighted by molar-refractivity contribution is -0.321. The Morgan fingerprint density at radius 1 is 0.464 bits per heavy atom. The Bertz CT molecular complexity index is 2850. The van der Waals surface area contributed by atoms with Gasteiger partial charge >= 0.3 is 11.9 Å². The molecule has 0 aliphatic carbocycles. The van der Waals surface area contributed by atoms with Crippen molar-refractivity contribution in [1.82, 2.24) is 0 Å². The molecule has 14 nitrogen and oxygen atoms in total. The highest BCUT2D eigenvalue weighted by atomic mass is 16.7. The van der Waals surface area contributed by atoms with Gasteiger partial charge in [-0.3, -0.25) is 0 Å². The molecular formula is C55H48O14. The maximum absolute atomic E-state index is 15.1. The largest absolute Gasteiger partial charge is 0.504 e. The van der Waals surface area contributed by atoms with Gasteiger partial charge in [0.25, 0.3) is 0 Å². The van der Waals surface area contributed by atoms with E-state index < -0.39 is 106 Å². The summed E-state index contributed by atoms with van der Waals surface area (Å²) in [7, 11) is 0. The average Bonchev–Trinajstić information content (AvgIpc) is 3.39. The van der Waals surface area contributed by atoms with Gasteiger partial charge in [0.05, 0.1) is 30.9 Å². The van der Waals surface area contributed by atoms with Crippen LogP contribution in [0.2, 0.25) is 0 Å². The predicted molar refractivity (Wildman–Crippen MR) is 250 cm³/mol. The summed E-state index contributed by atoms with van der Waals surface area (Å²) in [5.41, 5.74) is 1.73. The van der Waals surface area contributed by atoms with E-state index in [0.717, 1.165) is 28.8 Å². The van der Waals surface area contributed by atoms with Gasteiger partial charge in [-0.15, -0.1) is 0 Å². The van der Waals surface area contributed by atoms with E-state index in [0.29, 0.717) is 11.1 Å². The first-order valence-corrected chi connectivity index (χ1v) is 22.2. The zero-order valence-corrected chi connectivity index (χ0v) is 37.1. The van der Waals surface area contributed by atoms with Crippen LogP contribution in [0.1, 0.15) is 48.5 Å². The second-order valence-corrected chi connectivity index (χ2v) is 16.4. The van der Waals surface area contributed by atoms with Gasteiger partial charge in [0.1, 0.15) is 38.1 Å². The Morgan fingerprint density at radius 3 is 1.28 bits per heavy atom. The first-order chi connectivity index (χ1) is 33.7. The highest BCUT2D eigenvalue weighted by Crippen LogP contribution is 2.54. The molecule has 7 aromatic rings. The molecule has 2 aliphatic heterocycles. The number of carbonyl (C=O) groups is 2. The summed E-state index contributed by atoms with van der Waals surface area (Å²) < 4.78 is 50.6. The van der Waals surface area contributed by atoms with Crippen LogP contribution in [0.5, 0.6) is 34.5 Å². The molecule has 2 aliphatic rings. The Morgan fingerprint density at radius 2 is 0.841 bits per heavy atom. The van der Waals surface area contributed by atoms with E-state index in [9.17, 15) is 25.2 Å². The number of phenols is 4. The monoisotopic (exact) mass is 932 g/mol. The summed E-state index contributed by atoms with van der Waals surface area (Å²) >= 11 is 0. The van der Waals surface area contributed by atoms with Crippen LogP contribution < -0.4 is 9.47 Å². The van der Waals surface area contributed by atoms with Gasteiger partial charge in [-0.1, -0.05) is 152 Å². The van der Waals surface area contributed by atoms with E-state index in [2.05, 4.69) is 0 Å². The third-order valence-corrected chi connectivity index (χ3v) is 11.7. The van der Waals surface area contributed by atoms with Crippen molar-refractivity contribution in [3.8, 4) is 45.6 Å². The van der Waals surface area contributed by atoms with Gasteiger partial charge in [-0.25, -0.2) is 9.59 Å². The molecule has 1 fully saturated rings. The van der Waals surface area contributed by atoms with E-state index in [-0.39, 0.29) is 33.0 Å². The van der Waals surface area contributed by atoms with E-state index in [1.54, 1.807) is 48.5 Å². The molecule has 352 valence electrons. The van der Waals surface area contributed by atoms with Crippen molar-refractivity contribution >= 4 is 11.9 Å². The number of phenolic OH excluding ortho intramolecular Hbond substituents is 4. The molecule has 3 unspecified atom stereocenters. The van der Waals surface area contributed by atoms with Crippen LogP contribution in [0.25, 0.3) is 11.1 Å². The molecule has 4 N–H and O–H groups in total. The lowest BCUT2D eigenvalue weighted by Crippen LogP contribution is -2.62. The standard InChI is InChI=1S/C55H48O14/c56-41-26-39-44(46(58)48(41)62-28-34-16-6-1-7-17-34)45-40(27-42(57)49(47(45)59)63-29-35-18-8-2-9-19-35)54(61)69-50-43(33-66-53(39)60)68-55(67-32-38-24-14-5-15-25-38)52(65-31-37-22-12-4-13-23-37)51(50)64-30-36-20-10-3-11-21-36/h1-27,43,50-52,55-59H,28-33H2/t43?,50-,51?,52?,55-/m1/s1. The zero-order valence-electron chi connectivity index (χ0n) is 37.1. The lowest BCUT2D eigenvalue weighted by atomic mass is 9.91. The van der Waals surface area contributed by atoms with Crippen LogP contribution in [-0.2, 0) is 61.5 Å². The van der Waals surface area contributed by atoms with Gasteiger partial charge in [0.15, 0.2) is 35.4 Å². The highest BCUT2D eigenvalue weighted by molar-refractivity contribution is 6.08. The molecule has 0 amide bonds. The first-order valence-electron chi connectivity index (χ1n) is 22.2. The third-order valence-electron chi connectivity index (χ3n) is 11.7. The molecular weight excluding hydrogens is 885 g/mol. The van der Waals surface area contributed by atoms with Crippen LogP contribution in [0, 0.1) is 0 Å². The van der Waals surface area contributed by atoms with Crippen molar-refractivity contribution in [2.24, 2.45) is 0 Å². The average molecular weight is 933 g/mol. The lowest BCUT2D eigenvalue weighted by Gasteiger charge is -2.45. The topological polar surface area (TPSA) is 189 Å². The SMILES string of the molecule is O=C1OCC2O[C@@H](OCc3ccccc3)C(OCc3ccccc3)C(OCc3ccccc3)[C@@H]2OC(=O)c2cc(O)c(OCc3ccccc3)c(O)c2-c2c1cc(O)c(OCc1ccccc1)c2O. The minimum Gasteiger partial charge on any atom is -0.504 e. The van der Waals surface area contributed by atoms with E-state index in [4.69, 9.17) is 37.9 Å². The van der Waals surface area contributed by atoms with Crippen molar-refractivity contribution in [3.05, 3.63) is 203 Å². The minimum atomic E-state index is -1.43. The fourth-order valence-corrected chi connectivity index (χ4v) is 8.21.